The molecule has 0 spiro atoms. The second-order valence-corrected chi connectivity index (χ2v) is 4.86. The number of aromatic nitrogens is 2. The van der Waals surface area contributed by atoms with Crippen molar-refractivity contribution in [2.24, 2.45) is 0 Å². The zero-order chi connectivity index (χ0) is 13.3. The van der Waals surface area contributed by atoms with Gasteiger partial charge in [-0.1, -0.05) is 0 Å². The molecule has 2 aliphatic rings. The highest BCUT2D eigenvalue weighted by Gasteiger charge is 2.38. The summed E-state index contributed by atoms with van der Waals surface area (Å²) in [5.41, 5.74) is 0. The predicted molar refractivity (Wildman–Crippen MR) is 66.8 cm³/mol. The van der Waals surface area contributed by atoms with Crippen molar-refractivity contribution in [1.29, 1.82) is 0 Å². The van der Waals surface area contributed by atoms with Crippen LogP contribution in [0.5, 0.6) is 0 Å². The lowest BCUT2D eigenvalue weighted by Gasteiger charge is -2.28. The quantitative estimate of drug-likeness (QED) is 0.806. The molecule has 0 saturated carbocycles. The maximum atomic E-state index is 13.2. The van der Waals surface area contributed by atoms with Gasteiger partial charge in [-0.15, -0.1) is 0 Å². The fraction of sp³-hybridized carbons (Fsp3) is 0.667. The van der Waals surface area contributed by atoms with Crippen molar-refractivity contribution in [3.8, 4) is 0 Å². The largest absolute Gasteiger partial charge is 0.378 e. The molecule has 1 aromatic rings. The second-order valence-electron chi connectivity index (χ2n) is 4.86. The van der Waals surface area contributed by atoms with Crippen molar-refractivity contribution in [2.45, 2.75) is 12.3 Å². The van der Waals surface area contributed by atoms with Crippen LogP contribution in [0, 0.1) is 0 Å². The Balaban J connectivity index is 1.76. The summed E-state index contributed by atoms with van der Waals surface area (Å²) in [6, 6.07) is 1.78. The van der Waals surface area contributed by atoms with Gasteiger partial charge in [-0.2, -0.15) is 0 Å². The number of hydrogen-bond acceptors (Lipinski definition) is 5. The summed E-state index contributed by atoms with van der Waals surface area (Å²) in [6.07, 6.45) is 1.33. The van der Waals surface area contributed by atoms with Gasteiger partial charge in [0.2, 0.25) is 0 Å². The first-order valence-corrected chi connectivity index (χ1v) is 6.42. The van der Waals surface area contributed by atoms with E-state index in [0.29, 0.717) is 25.6 Å². The van der Waals surface area contributed by atoms with Crippen LogP contribution in [0.3, 0.4) is 0 Å². The zero-order valence-corrected chi connectivity index (χ0v) is 10.6. The monoisotopic (exact) mass is 270 g/mol. The number of rotatable bonds is 2. The molecule has 5 nitrogen and oxygen atoms in total. The lowest BCUT2D eigenvalue weighted by atomic mass is 10.3. The van der Waals surface area contributed by atoms with E-state index in [9.17, 15) is 8.78 Å². The third kappa shape index (κ3) is 2.75. The number of morpholine rings is 1. The summed E-state index contributed by atoms with van der Waals surface area (Å²) in [5, 5.41) is 0. The van der Waals surface area contributed by atoms with Gasteiger partial charge in [0.05, 0.1) is 19.8 Å². The summed E-state index contributed by atoms with van der Waals surface area (Å²) >= 11 is 0. The number of ether oxygens (including phenoxy) is 1. The summed E-state index contributed by atoms with van der Waals surface area (Å²) in [6.45, 7) is 2.96. The number of hydrogen-bond donors (Lipinski definition) is 0. The highest BCUT2D eigenvalue weighted by atomic mass is 19.3. The molecule has 3 rings (SSSR count). The van der Waals surface area contributed by atoms with E-state index in [2.05, 4.69) is 14.9 Å². The third-order valence-corrected chi connectivity index (χ3v) is 3.47. The minimum Gasteiger partial charge on any atom is -0.378 e. The molecule has 104 valence electrons. The Morgan fingerprint density at radius 1 is 1.05 bits per heavy atom. The molecule has 2 saturated heterocycles. The summed E-state index contributed by atoms with van der Waals surface area (Å²) < 4.78 is 31.7. The zero-order valence-electron chi connectivity index (χ0n) is 10.6. The highest BCUT2D eigenvalue weighted by Crippen LogP contribution is 2.30. The first-order valence-electron chi connectivity index (χ1n) is 6.42. The number of alkyl halides is 2. The molecule has 7 heteroatoms. The van der Waals surface area contributed by atoms with Crippen molar-refractivity contribution in [1.82, 2.24) is 9.97 Å². The number of anilines is 2. The summed E-state index contributed by atoms with van der Waals surface area (Å²) in [5.74, 6) is -1.25. The molecule has 0 radical (unpaired) electrons. The molecule has 0 N–H and O–H groups in total. The second kappa shape index (κ2) is 4.88. The molecular formula is C12H16F2N4O. The predicted octanol–water partition coefficient (Wildman–Crippen LogP) is 1.16. The molecule has 0 amide bonds. The van der Waals surface area contributed by atoms with Crippen LogP contribution in [0.1, 0.15) is 6.42 Å². The van der Waals surface area contributed by atoms with Gasteiger partial charge in [0, 0.05) is 32.1 Å². The van der Waals surface area contributed by atoms with Crippen LogP contribution in [0.4, 0.5) is 20.4 Å². The molecule has 1 aromatic heterocycles. The summed E-state index contributed by atoms with van der Waals surface area (Å²) in [7, 11) is 0. The Kier molecular flexibility index (Phi) is 3.22. The maximum Gasteiger partial charge on any atom is 0.266 e. The Morgan fingerprint density at radius 2 is 1.74 bits per heavy atom. The Bertz CT molecular complexity index is 451. The van der Waals surface area contributed by atoms with Crippen LogP contribution < -0.4 is 9.80 Å². The molecule has 3 heterocycles. The molecule has 2 aliphatic heterocycles. The van der Waals surface area contributed by atoms with E-state index in [-0.39, 0.29) is 13.0 Å². The van der Waals surface area contributed by atoms with Crippen LogP contribution >= 0.6 is 0 Å². The molecule has 0 bridgehead atoms. The smallest absolute Gasteiger partial charge is 0.266 e. The molecule has 0 aromatic carbocycles. The van der Waals surface area contributed by atoms with E-state index in [0.717, 1.165) is 18.9 Å². The van der Waals surface area contributed by atoms with E-state index >= 15 is 0 Å². The van der Waals surface area contributed by atoms with E-state index in [4.69, 9.17) is 4.74 Å². The minimum absolute atomic E-state index is 0.107. The molecule has 0 aliphatic carbocycles. The van der Waals surface area contributed by atoms with Gasteiger partial charge in [0.25, 0.3) is 5.92 Å². The number of nitrogens with zero attached hydrogens (tertiary/aromatic N) is 4. The van der Waals surface area contributed by atoms with Crippen molar-refractivity contribution in [2.75, 3.05) is 49.2 Å². The van der Waals surface area contributed by atoms with Crippen LogP contribution in [-0.4, -0.2) is 55.3 Å². The molecule has 2 fully saturated rings. The third-order valence-electron chi connectivity index (χ3n) is 3.47. The fourth-order valence-corrected chi connectivity index (χ4v) is 2.41. The van der Waals surface area contributed by atoms with Gasteiger partial charge in [0.1, 0.15) is 18.0 Å². The van der Waals surface area contributed by atoms with E-state index < -0.39 is 5.92 Å². The standard InChI is InChI=1S/C12H16F2N4O/c13-12(14)1-2-18(8-12)11-7-10(15-9-16-11)17-3-5-19-6-4-17/h7,9H,1-6,8H2. The van der Waals surface area contributed by atoms with E-state index in [1.165, 1.54) is 6.33 Å². The molecule has 19 heavy (non-hydrogen) atoms. The van der Waals surface area contributed by atoms with Crippen molar-refractivity contribution < 1.29 is 13.5 Å². The first kappa shape index (κ1) is 12.5. The Labute approximate surface area is 110 Å². The van der Waals surface area contributed by atoms with E-state index in [1.54, 1.807) is 11.0 Å². The van der Waals surface area contributed by atoms with Crippen molar-refractivity contribution in [3.63, 3.8) is 0 Å². The van der Waals surface area contributed by atoms with Crippen LogP contribution in [0.15, 0.2) is 12.4 Å². The van der Waals surface area contributed by atoms with E-state index in [1.807, 2.05) is 0 Å². The van der Waals surface area contributed by atoms with Crippen molar-refractivity contribution >= 4 is 11.6 Å². The Morgan fingerprint density at radius 3 is 2.37 bits per heavy atom. The Hall–Kier alpha value is -1.50. The normalized spacial score (nSPS) is 22.8. The average molecular weight is 270 g/mol. The minimum atomic E-state index is -2.61. The van der Waals surface area contributed by atoms with Gasteiger partial charge < -0.3 is 14.5 Å². The van der Waals surface area contributed by atoms with Gasteiger partial charge >= 0.3 is 0 Å². The topological polar surface area (TPSA) is 41.5 Å². The van der Waals surface area contributed by atoms with Crippen LogP contribution in [-0.2, 0) is 4.74 Å². The molecule has 0 unspecified atom stereocenters. The van der Waals surface area contributed by atoms with Crippen LogP contribution in [0.2, 0.25) is 0 Å². The maximum absolute atomic E-state index is 13.2. The van der Waals surface area contributed by atoms with Gasteiger partial charge in [-0.25, -0.2) is 18.7 Å². The first-order chi connectivity index (χ1) is 9.14. The highest BCUT2D eigenvalue weighted by molar-refractivity contribution is 5.51. The van der Waals surface area contributed by atoms with Gasteiger partial charge in [0.15, 0.2) is 0 Å². The number of halogens is 2. The van der Waals surface area contributed by atoms with Gasteiger partial charge in [-0.3, -0.25) is 0 Å². The van der Waals surface area contributed by atoms with Gasteiger partial charge in [-0.05, 0) is 0 Å². The van der Waals surface area contributed by atoms with Crippen LogP contribution in [0.25, 0.3) is 0 Å². The molecule has 0 atom stereocenters. The molecular weight excluding hydrogens is 254 g/mol. The lowest BCUT2D eigenvalue weighted by molar-refractivity contribution is 0.0256. The summed E-state index contributed by atoms with van der Waals surface area (Å²) in [4.78, 5) is 12.0. The average Bonchev–Trinajstić information content (AvgIpc) is 2.80. The fourth-order valence-electron chi connectivity index (χ4n) is 2.41. The lowest BCUT2D eigenvalue weighted by Crippen LogP contribution is -2.37. The van der Waals surface area contributed by atoms with Crippen molar-refractivity contribution in [3.05, 3.63) is 12.4 Å². The SMILES string of the molecule is FC1(F)CCN(c2cc(N3CCOCC3)ncn2)C1.